The number of anilines is 1. The zero-order valence-corrected chi connectivity index (χ0v) is 15.7. The summed E-state index contributed by atoms with van der Waals surface area (Å²) in [6, 6.07) is 12.3. The third kappa shape index (κ3) is 4.11. The van der Waals surface area contributed by atoms with E-state index >= 15 is 0 Å². The van der Waals surface area contributed by atoms with Crippen LogP contribution >= 0.6 is 23.2 Å². The summed E-state index contributed by atoms with van der Waals surface area (Å²) in [6.07, 6.45) is 0.155. The minimum Gasteiger partial charge on any atom is -0.495 e. The summed E-state index contributed by atoms with van der Waals surface area (Å²) in [5.74, 6) is -0.155. The molecule has 0 aromatic heterocycles. The van der Waals surface area contributed by atoms with Gasteiger partial charge in [0.2, 0.25) is 11.8 Å². The lowest BCUT2D eigenvalue weighted by Gasteiger charge is -2.20. The quantitative estimate of drug-likeness (QED) is 0.844. The van der Waals surface area contributed by atoms with Gasteiger partial charge in [-0.3, -0.25) is 9.59 Å². The molecule has 1 N–H and O–H groups in total. The molecule has 1 aliphatic rings. The number of benzene rings is 2. The van der Waals surface area contributed by atoms with Crippen LogP contribution in [-0.2, 0) is 16.1 Å². The predicted molar refractivity (Wildman–Crippen MR) is 102 cm³/mol. The van der Waals surface area contributed by atoms with E-state index in [0.717, 1.165) is 5.56 Å². The molecular weight excluding hydrogens is 375 g/mol. The summed E-state index contributed by atoms with van der Waals surface area (Å²) in [5, 5.41) is 4.02. The van der Waals surface area contributed by atoms with Crippen molar-refractivity contribution in [3.63, 3.8) is 0 Å². The van der Waals surface area contributed by atoms with Crippen molar-refractivity contribution in [1.29, 1.82) is 0 Å². The summed E-state index contributed by atoms with van der Waals surface area (Å²) in [4.78, 5) is 26.4. The molecule has 1 aliphatic heterocycles. The number of rotatable bonds is 5. The molecule has 2 aromatic carbocycles. The molecule has 136 valence electrons. The second-order valence-corrected chi connectivity index (χ2v) is 6.94. The molecule has 0 bridgehead atoms. The van der Waals surface area contributed by atoms with Crippen LogP contribution in [0, 0.1) is 5.92 Å². The number of hydrogen-bond donors (Lipinski definition) is 1. The van der Waals surface area contributed by atoms with Crippen molar-refractivity contribution in [1.82, 2.24) is 5.32 Å². The maximum atomic E-state index is 12.5. The molecule has 7 heteroatoms. The van der Waals surface area contributed by atoms with Gasteiger partial charge in [0.1, 0.15) is 5.75 Å². The van der Waals surface area contributed by atoms with Crippen molar-refractivity contribution in [3.8, 4) is 5.75 Å². The van der Waals surface area contributed by atoms with Gasteiger partial charge in [0, 0.05) is 29.6 Å². The van der Waals surface area contributed by atoms with Crippen LogP contribution in [0.2, 0.25) is 10.0 Å². The highest BCUT2D eigenvalue weighted by atomic mass is 35.5. The van der Waals surface area contributed by atoms with Crippen LogP contribution in [0.4, 0.5) is 5.69 Å². The Balaban J connectivity index is 1.66. The number of halogens is 2. The first-order valence-corrected chi connectivity index (χ1v) is 8.89. The predicted octanol–water partition coefficient (Wildman–Crippen LogP) is 3.67. The van der Waals surface area contributed by atoms with Gasteiger partial charge < -0.3 is 15.0 Å². The van der Waals surface area contributed by atoms with Crippen LogP contribution in [0.25, 0.3) is 0 Å². The van der Waals surface area contributed by atoms with Crippen molar-refractivity contribution in [2.45, 2.75) is 13.0 Å². The monoisotopic (exact) mass is 392 g/mol. The summed E-state index contributed by atoms with van der Waals surface area (Å²) < 4.78 is 5.31. The molecule has 5 nitrogen and oxygen atoms in total. The summed E-state index contributed by atoms with van der Waals surface area (Å²) >= 11 is 11.9. The fourth-order valence-electron chi connectivity index (χ4n) is 2.93. The minimum absolute atomic E-state index is 0.128. The zero-order valence-electron chi connectivity index (χ0n) is 14.2. The highest BCUT2D eigenvalue weighted by Gasteiger charge is 2.36. The molecule has 0 radical (unpaired) electrons. The summed E-state index contributed by atoms with van der Waals surface area (Å²) in [5.41, 5.74) is 1.53. The van der Waals surface area contributed by atoms with E-state index in [1.54, 1.807) is 35.2 Å². The second kappa shape index (κ2) is 7.98. The summed E-state index contributed by atoms with van der Waals surface area (Å²) in [6.45, 7) is 0.684. The lowest BCUT2D eigenvalue weighted by atomic mass is 10.1. The van der Waals surface area contributed by atoms with Crippen LogP contribution in [0.1, 0.15) is 12.0 Å². The lowest BCUT2D eigenvalue weighted by molar-refractivity contribution is -0.126. The van der Waals surface area contributed by atoms with Crippen molar-refractivity contribution in [2.75, 3.05) is 18.6 Å². The van der Waals surface area contributed by atoms with Crippen LogP contribution in [0.5, 0.6) is 5.75 Å². The molecule has 0 aliphatic carbocycles. The van der Waals surface area contributed by atoms with Gasteiger partial charge in [-0.2, -0.15) is 0 Å². The van der Waals surface area contributed by atoms with E-state index in [1.807, 2.05) is 12.1 Å². The number of nitrogens with one attached hydrogen (secondary N) is 1. The first-order valence-electron chi connectivity index (χ1n) is 8.14. The number of methoxy groups -OCH3 is 1. The first kappa shape index (κ1) is 18.5. The topological polar surface area (TPSA) is 58.6 Å². The molecular formula is C19H18Cl2N2O3. The van der Waals surface area contributed by atoms with Gasteiger partial charge in [0.25, 0.3) is 0 Å². The van der Waals surface area contributed by atoms with E-state index in [2.05, 4.69) is 5.32 Å². The molecule has 1 saturated heterocycles. The van der Waals surface area contributed by atoms with E-state index in [4.69, 9.17) is 27.9 Å². The maximum absolute atomic E-state index is 12.5. The Kier molecular flexibility index (Phi) is 5.69. The van der Waals surface area contributed by atoms with Gasteiger partial charge in [-0.15, -0.1) is 0 Å². The van der Waals surface area contributed by atoms with E-state index in [0.29, 0.717) is 34.6 Å². The van der Waals surface area contributed by atoms with Crippen LogP contribution in [0.15, 0.2) is 42.5 Å². The Labute approximate surface area is 161 Å². The zero-order chi connectivity index (χ0) is 18.7. The average molecular weight is 393 g/mol. The first-order chi connectivity index (χ1) is 12.5. The highest BCUT2D eigenvalue weighted by Crippen LogP contribution is 2.35. The van der Waals surface area contributed by atoms with E-state index < -0.39 is 5.92 Å². The van der Waals surface area contributed by atoms with Crippen molar-refractivity contribution >= 4 is 40.7 Å². The molecule has 26 heavy (non-hydrogen) atoms. The Morgan fingerprint density at radius 2 is 1.88 bits per heavy atom. The van der Waals surface area contributed by atoms with Gasteiger partial charge in [-0.25, -0.2) is 0 Å². The number of carbonyl (C=O) groups excluding carboxylic acids is 2. The van der Waals surface area contributed by atoms with Gasteiger partial charge in [-0.1, -0.05) is 35.3 Å². The molecule has 1 heterocycles. The second-order valence-electron chi connectivity index (χ2n) is 6.07. The molecule has 1 fully saturated rings. The standard InChI is InChI=1S/C19H18Cl2N2O3/c1-26-17-7-6-15(21)9-16(17)23-11-13(8-18(23)24)19(25)22-10-12-2-4-14(20)5-3-12/h2-7,9,13H,8,10-11H2,1H3,(H,22,25). The fraction of sp³-hybridized carbons (Fsp3) is 0.263. The van der Waals surface area contributed by atoms with E-state index in [-0.39, 0.29) is 18.2 Å². The molecule has 2 amide bonds. The van der Waals surface area contributed by atoms with Crippen LogP contribution < -0.4 is 15.0 Å². The SMILES string of the molecule is COc1ccc(Cl)cc1N1CC(C(=O)NCc2ccc(Cl)cc2)CC1=O. The molecule has 1 unspecified atom stereocenters. The Morgan fingerprint density at radius 1 is 1.19 bits per heavy atom. The van der Waals surface area contributed by atoms with Crippen molar-refractivity contribution in [2.24, 2.45) is 5.92 Å². The highest BCUT2D eigenvalue weighted by molar-refractivity contribution is 6.31. The lowest BCUT2D eigenvalue weighted by Crippen LogP contribution is -2.32. The Hall–Kier alpha value is -2.24. The average Bonchev–Trinajstić information content (AvgIpc) is 3.02. The van der Waals surface area contributed by atoms with E-state index in [1.165, 1.54) is 7.11 Å². The van der Waals surface area contributed by atoms with Gasteiger partial charge in [-0.05, 0) is 35.9 Å². The van der Waals surface area contributed by atoms with Crippen molar-refractivity contribution < 1.29 is 14.3 Å². The Morgan fingerprint density at radius 3 is 2.58 bits per heavy atom. The van der Waals surface area contributed by atoms with Gasteiger partial charge in [0.15, 0.2) is 0 Å². The third-order valence-corrected chi connectivity index (χ3v) is 4.79. The molecule has 0 spiro atoms. The number of nitrogens with zero attached hydrogens (tertiary/aromatic N) is 1. The van der Waals surface area contributed by atoms with Crippen LogP contribution in [-0.4, -0.2) is 25.5 Å². The summed E-state index contributed by atoms with van der Waals surface area (Å²) in [7, 11) is 1.53. The normalized spacial score (nSPS) is 16.7. The number of ether oxygens (including phenoxy) is 1. The minimum atomic E-state index is -0.418. The molecule has 1 atom stereocenters. The number of amides is 2. The largest absolute Gasteiger partial charge is 0.495 e. The number of hydrogen-bond acceptors (Lipinski definition) is 3. The fourth-order valence-corrected chi connectivity index (χ4v) is 3.22. The molecule has 0 saturated carbocycles. The van der Waals surface area contributed by atoms with Crippen molar-refractivity contribution in [3.05, 3.63) is 58.1 Å². The Bertz CT molecular complexity index is 824. The third-order valence-electron chi connectivity index (χ3n) is 4.31. The smallest absolute Gasteiger partial charge is 0.227 e. The van der Waals surface area contributed by atoms with Gasteiger partial charge in [0.05, 0.1) is 18.7 Å². The maximum Gasteiger partial charge on any atom is 0.227 e. The molecule has 2 aromatic rings. The van der Waals surface area contributed by atoms with Crippen LogP contribution in [0.3, 0.4) is 0 Å². The molecule has 3 rings (SSSR count). The van der Waals surface area contributed by atoms with E-state index in [9.17, 15) is 9.59 Å². The van der Waals surface area contributed by atoms with Gasteiger partial charge >= 0.3 is 0 Å². The number of carbonyl (C=O) groups is 2.